The van der Waals surface area contributed by atoms with Gasteiger partial charge in [0.15, 0.2) is 0 Å². The Balaban J connectivity index is 2.25. The lowest BCUT2D eigenvalue weighted by Crippen LogP contribution is -2.29. The molecular formula is C16H19F2N3. The van der Waals surface area contributed by atoms with Gasteiger partial charge in [-0.2, -0.15) is 0 Å². The van der Waals surface area contributed by atoms with Gasteiger partial charge in [0.2, 0.25) is 0 Å². The van der Waals surface area contributed by atoms with Crippen LogP contribution in [0.15, 0.2) is 42.5 Å². The number of halogens is 2. The number of hydrogen-bond acceptors (Lipinski definition) is 3. The molecule has 0 amide bonds. The van der Waals surface area contributed by atoms with Crippen LogP contribution in [0.1, 0.15) is 17.2 Å². The van der Waals surface area contributed by atoms with Gasteiger partial charge >= 0.3 is 0 Å². The zero-order valence-corrected chi connectivity index (χ0v) is 12.1. The van der Waals surface area contributed by atoms with E-state index in [0.717, 1.165) is 17.3 Å². The lowest BCUT2D eigenvalue weighted by atomic mass is 9.98. The number of anilines is 1. The van der Waals surface area contributed by atoms with Gasteiger partial charge in [0.1, 0.15) is 11.6 Å². The number of nitrogens with zero attached hydrogens (tertiary/aromatic N) is 1. The second kappa shape index (κ2) is 6.65. The van der Waals surface area contributed by atoms with Crippen molar-refractivity contribution in [3.63, 3.8) is 0 Å². The fourth-order valence-corrected chi connectivity index (χ4v) is 2.26. The van der Waals surface area contributed by atoms with E-state index >= 15 is 0 Å². The maximum absolute atomic E-state index is 13.3. The van der Waals surface area contributed by atoms with Gasteiger partial charge in [-0.05, 0) is 41.8 Å². The minimum Gasteiger partial charge on any atom is -0.378 e. The van der Waals surface area contributed by atoms with Gasteiger partial charge in [-0.25, -0.2) is 8.78 Å². The molecule has 1 unspecified atom stereocenters. The Morgan fingerprint density at radius 1 is 1.10 bits per heavy atom. The van der Waals surface area contributed by atoms with E-state index in [1.165, 1.54) is 12.1 Å². The number of rotatable bonds is 5. The molecule has 0 aromatic heterocycles. The molecule has 0 fully saturated rings. The Morgan fingerprint density at radius 2 is 1.76 bits per heavy atom. The summed E-state index contributed by atoms with van der Waals surface area (Å²) in [5, 5.41) is 0. The molecule has 0 spiro atoms. The van der Waals surface area contributed by atoms with Crippen molar-refractivity contribution in [3.05, 3.63) is 65.2 Å². The first kappa shape index (κ1) is 15.4. The predicted molar refractivity (Wildman–Crippen MR) is 80.9 cm³/mol. The lowest BCUT2D eigenvalue weighted by molar-refractivity contribution is 0.540. The molecule has 0 bridgehead atoms. The number of hydrogen-bond donors (Lipinski definition) is 2. The average molecular weight is 291 g/mol. The summed E-state index contributed by atoms with van der Waals surface area (Å²) in [6, 6.07) is 11.1. The molecule has 3 nitrogen and oxygen atoms in total. The smallest absolute Gasteiger partial charge is 0.126 e. The topological polar surface area (TPSA) is 41.3 Å². The van der Waals surface area contributed by atoms with E-state index in [1.807, 2.05) is 43.3 Å². The Bertz CT molecular complexity index is 594. The van der Waals surface area contributed by atoms with Crippen molar-refractivity contribution in [1.29, 1.82) is 0 Å². The van der Waals surface area contributed by atoms with Crippen molar-refractivity contribution in [3.8, 4) is 0 Å². The van der Waals surface area contributed by atoms with Gasteiger partial charge in [0.25, 0.3) is 0 Å². The van der Waals surface area contributed by atoms with Crippen molar-refractivity contribution in [1.82, 2.24) is 5.43 Å². The summed E-state index contributed by atoms with van der Waals surface area (Å²) in [6.45, 7) is 0. The summed E-state index contributed by atoms with van der Waals surface area (Å²) in [5.74, 6) is 4.44. The number of nitrogens with two attached hydrogens (primary N) is 1. The summed E-state index contributed by atoms with van der Waals surface area (Å²) >= 11 is 0. The van der Waals surface area contributed by atoms with Crippen molar-refractivity contribution in [2.24, 2.45) is 5.84 Å². The first-order valence-electron chi connectivity index (χ1n) is 6.68. The molecular weight excluding hydrogens is 272 g/mol. The minimum absolute atomic E-state index is 0.217. The Kier molecular flexibility index (Phi) is 4.88. The largest absolute Gasteiger partial charge is 0.378 e. The third-order valence-electron chi connectivity index (χ3n) is 3.35. The van der Waals surface area contributed by atoms with E-state index in [-0.39, 0.29) is 6.04 Å². The molecule has 21 heavy (non-hydrogen) atoms. The fourth-order valence-electron chi connectivity index (χ4n) is 2.26. The van der Waals surface area contributed by atoms with Gasteiger partial charge in [-0.1, -0.05) is 12.1 Å². The van der Waals surface area contributed by atoms with Crippen molar-refractivity contribution < 1.29 is 8.78 Å². The second-order valence-electron chi connectivity index (χ2n) is 5.19. The van der Waals surface area contributed by atoms with Crippen LogP contribution in [0, 0.1) is 11.6 Å². The quantitative estimate of drug-likeness (QED) is 0.657. The molecule has 0 radical (unpaired) electrons. The summed E-state index contributed by atoms with van der Waals surface area (Å²) in [5.41, 5.74) is 5.28. The molecule has 2 aromatic carbocycles. The monoisotopic (exact) mass is 291 g/mol. The van der Waals surface area contributed by atoms with Gasteiger partial charge in [0, 0.05) is 25.8 Å². The maximum atomic E-state index is 13.3. The van der Waals surface area contributed by atoms with Crippen molar-refractivity contribution >= 4 is 5.69 Å². The molecule has 1 atom stereocenters. The molecule has 112 valence electrons. The molecule has 0 aliphatic carbocycles. The molecule has 0 heterocycles. The van der Waals surface area contributed by atoms with Crippen LogP contribution in [0.2, 0.25) is 0 Å². The Labute approximate surface area is 123 Å². The standard InChI is InChI=1S/C16H19F2N3/c1-21(2)15-5-3-4-12(9-15)16(20-19)8-11-6-13(17)10-14(18)7-11/h3-7,9-10,16,20H,8,19H2,1-2H3. The third kappa shape index (κ3) is 4.00. The van der Waals surface area contributed by atoms with E-state index in [9.17, 15) is 8.78 Å². The number of hydrazine groups is 1. The van der Waals surface area contributed by atoms with Crippen LogP contribution in [0.3, 0.4) is 0 Å². The first-order chi connectivity index (χ1) is 9.99. The van der Waals surface area contributed by atoms with Crippen LogP contribution < -0.4 is 16.2 Å². The highest BCUT2D eigenvalue weighted by Crippen LogP contribution is 2.23. The van der Waals surface area contributed by atoms with Gasteiger partial charge in [0.05, 0.1) is 6.04 Å². The van der Waals surface area contributed by atoms with E-state index in [4.69, 9.17) is 5.84 Å². The van der Waals surface area contributed by atoms with E-state index < -0.39 is 11.6 Å². The highest BCUT2D eigenvalue weighted by atomic mass is 19.1. The van der Waals surface area contributed by atoms with Gasteiger partial charge in [-0.15, -0.1) is 0 Å². The van der Waals surface area contributed by atoms with Crippen LogP contribution >= 0.6 is 0 Å². The second-order valence-corrected chi connectivity index (χ2v) is 5.19. The third-order valence-corrected chi connectivity index (χ3v) is 3.35. The predicted octanol–water partition coefficient (Wildman–Crippen LogP) is 2.78. The molecule has 5 heteroatoms. The van der Waals surface area contributed by atoms with Crippen LogP contribution in [-0.2, 0) is 6.42 Å². The number of nitrogens with one attached hydrogen (secondary N) is 1. The molecule has 3 N–H and O–H groups in total. The van der Waals surface area contributed by atoms with Crippen LogP contribution in [0.5, 0.6) is 0 Å². The lowest BCUT2D eigenvalue weighted by Gasteiger charge is -2.19. The van der Waals surface area contributed by atoms with Crippen LogP contribution in [-0.4, -0.2) is 14.1 Å². The molecule has 0 saturated heterocycles. The molecule has 2 aromatic rings. The van der Waals surface area contributed by atoms with Crippen molar-refractivity contribution in [2.75, 3.05) is 19.0 Å². The summed E-state index contributed by atoms with van der Waals surface area (Å²) < 4.78 is 26.5. The van der Waals surface area contributed by atoms with Crippen LogP contribution in [0.25, 0.3) is 0 Å². The van der Waals surface area contributed by atoms with Gasteiger partial charge in [-0.3, -0.25) is 11.3 Å². The zero-order chi connectivity index (χ0) is 15.4. The molecule has 0 aliphatic heterocycles. The van der Waals surface area contributed by atoms with Gasteiger partial charge < -0.3 is 4.90 Å². The minimum atomic E-state index is -0.581. The highest BCUT2D eigenvalue weighted by molar-refractivity contribution is 5.48. The fraction of sp³-hybridized carbons (Fsp3) is 0.250. The first-order valence-corrected chi connectivity index (χ1v) is 6.68. The Hall–Kier alpha value is -1.98. The average Bonchev–Trinajstić information content (AvgIpc) is 2.44. The Morgan fingerprint density at radius 3 is 2.33 bits per heavy atom. The van der Waals surface area contributed by atoms with Crippen LogP contribution in [0.4, 0.5) is 14.5 Å². The summed E-state index contributed by atoms with van der Waals surface area (Å²) in [6.07, 6.45) is 0.405. The number of benzene rings is 2. The van der Waals surface area contributed by atoms with E-state index in [0.29, 0.717) is 12.0 Å². The SMILES string of the molecule is CN(C)c1cccc(C(Cc2cc(F)cc(F)c2)NN)c1. The van der Waals surface area contributed by atoms with E-state index in [1.54, 1.807) is 0 Å². The molecule has 2 rings (SSSR count). The highest BCUT2D eigenvalue weighted by Gasteiger charge is 2.13. The maximum Gasteiger partial charge on any atom is 0.126 e. The summed E-state index contributed by atoms with van der Waals surface area (Å²) in [4.78, 5) is 1.99. The van der Waals surface area contributed by atoms with E-state index in [2.05, 4.69) is 5.43 Å². The zero-order valence-electron chi connectivity index (χ0n) is 12.1. The van der Waals surface area contributed by atoms with Crippen molar-refractivity contribution in [2.45, 2.75) is 12.5 Å². The summed E-state index contributed by atoms with van der Waals surface area (Å²) in [7, 11) is 3.90. The molecule has 0 aliphatic rings. The molecule has 0 saturated carbocycles. The normalized spacial score (nSPS) is 12.2.